The molecule has 2 amide bonds. The summed E-state index contributed by atoms with van der Waals surface area (Å²) in [5, 5.41) is 6.96. The lowest BCUT2D eigenvalue weighted by atomic mass is 10.1. The number of benzene rings is 1. The van der Waals surface area contributed by atoms with Crippen LogP contribution in [0.15, 0.2) is 28.8 Å². The molecule has 2 aromatic rings. The Hall–Kier alpha value is -2.57. The minimum Gasteiger partial charge on any atom is -0.497 e. The third-order valence-electron chi connectivity index (χ3n) is 3.49. The Kier molecular flexibility index (Phi) is 5.66. The number of nitrogens with zero attached hydrogens (tertiary/aromatic N) is 3. The van der Waals surface area contributed by atoms with E-state index in [0.717, 1.165) is 11.3 Å². The number of rotatable bonds is 5. The van der Waals surface area contributed by atoms with Crippen LogP contribution in [0.2, 0.25) is 0 Å². The predicted molar refractivity (Wildman–Crippen MR) is 95.2 cm³/mol. The third-order valence-corrected chi connectivity index (χ3v) is 3.49. The summed E-state index contributed by atoms with van der Waals surface area (Å²) in [5.41, 5.74) is 0.513. The summed E-state index contributed by atoms with van der Waals surface area (Å²) in [6.07, 6.45) is 0. The van der Waals surface area contributed by atoms with Crippen LogP contribution < -0.4 is 10.1 Å². The van der Waals surface area contributed by atoms with Gasteiger partial charge in [0.25, 0.3) is 0 Å². The molecular weight excluding hydrogens is 320 g/mol. The molecule has 0 saturated carbocycles. The van der Waals surface area contributed by atoms with E-state index in [1.807, 2.05) is 58.9 Å². The lowest BCUT2D eigenvalue weighted by Crippen LogP contribution is -2.50. The van der Waals surface area contributed by atoms with Crippen molar-refractivity contribution in [3.63, 3.8) is 0 Å². The van der Waals surface area contributed by atoms with Crippen LogP contribution in [0, 0.1) is 0 Å². The molecule has 0 saturated heterocycles. The fraction of sp³-hybridized carbons (Fsp3) is 0.500. The summed E-state index contributed by atoms with van der Waals surface area (Å²) in [4.78, 5) is 18.5. The van der Waals surface area contributed by atoms with Gasteiger partial charge in [0.1, 0.15) is 12.3 Å². The van der Waals surface area contributed by atoms with E-state index < -0.39 is 0 Å². The van der Waals surface area contributed by atoms with Gasteiger partial charge in [0.15, 0.2) is 0 Å². The molecule has 7 heteroatoms. The number of carbonyl (C=O) groups is 1. The highest BCUT2D eigenvalue weighted by Crippen LogP contribution is 2.20. The van der Waals surface area contributed by atoms with Gasteiger partial charge in [-0.2, -0.15) is 4.98 Å². The number of methoxy groups -OCH3 is 1. The molecule has 0 aliphatic heterocycles. The molecule has 1 aromatic heterocycles. The van der Waals surface area contributed by atoms with Crippen LogP contribution in [0.25, 0.3) is 11.4 Å². The van der Waals surface area contributed by atoms with Crippen molar-refractivity contribution >= 4 is 6.03 Å². The first kappa shape index (κ1) is 18.8. The molecule has 136 valence electrons. The second kappa shape index (κ2) is 7.55. The average Bonchev–Trinajstić information content (AvgIpc) is 2.99. The van der Waals surface area contributed by atoms with Gasteiger partial charge in [-0.25, -0.2) is 4.79 Å². The van der Waals surface area contributed by atoms with Gasteiger partial charge in [0.2, 0.25) is 11.7 Å². The van der Waals surface area contributed by atoms with Crippen molar-refractivity contribution in [3.8, 4) is 17.1 Å². The van der Waals surface area contributed by atoms with Crippen molar-refractivity contribution in [2.45, 2.75) is 52.7 Å². The zero-order chi connectivity index (χ0) is 18.6. The van der Waals surface area contributed by atoms with Gasteiger partial charge in [-0.15, -0.1) is 0 Å². The van der Waals surface area contributed by atoms with E-state index in [-0.39, 0.29) is 24.2 Å². The molecule has 0 spiro atoms. The topological polar surface area (TPSA) is 80.5 Å². The van der Waals surface area contributed by atoms with Crippen LogP contribution in [-0.4, -0.2) is 39.8 Å². The van der Waals surface area contributed by atoms with Crippen LogP contribution in [0.1, 0.15) is 40.5 Å². The summed E-state index contributed by atoms with van der Waals surface area (Å²) in [7, 11) is 1.62. The van der Waals surface area contributed by atoms with Gasteiger partial charge in [0.05, 0.1) is 7.11 Å². The van der Waals surface area contributed by atoms with E-state index in [2.05, 4.69) is 15.5 Å². The van der Waals surface area contributed by atoms with Crippen molar-refractivity contribution in [2.75, 3.05) is 7.11 Å². The van der Waals surface area contributed by atoms with E-state index in [1.165, 1.54) is 0 Å². The number of carbonyl (C=O) groups excluding carboxylic acids is 1. The summed E-state index contributed by atoms with van der Waals surface area (Å²) >= 11 is 0. The normalized spacial score (nSPS) is 11.5. The molecule has 0 unspecified atom stereocenters. The number of amides is 2. The lowest BCUT2D eigenvalue weighted by molar-refractivity contribution is 0.161. The number of urea groups is 1. The Balaban J connectivity index is 2.12. The van der Waals surface area contributed by atoms with Gasteiger partial charge in [-0.05, 0) is 58.9 Å². The highest BCUT2D eigenvalue weighted by Gasteiger charge is 2.24. The molecule has 0 aliphatic rings. The first-order chi connectivity index (χ1) is 11.7. The van der Waals surface area contributed by atoms with Crippen molar-refractivity contribution in [3.05, 3.63) is 30.2 Å². The maximum absolute atomic E-state index is 12.5. The average molecular weight is 346 g/mol. The van der Waals surface area contributed by atoms with Crippen LogP contribution in [0.3, 0.4) is 0 Å². The maximum Gasteiger partial charge on any atom is 0.318 e. The Bertz CT molecular complexity index is 702. The molecule has 0 bridgehead atoms. The second-order valence-corrected chi connectivity index (χ2v) is 7.14. The molecule has 0 aliphatic carbocycles. The van der Waals surface area contributed by atoms with E-state index in [9.17, 15) is 4.79 Å². The molecule has 2 rings (SSSR count). The van der Waals surface area contributed by atoms with Gasteiger partial charge in [-0.3, -0.25) is 0 Å². The second-order valence-electron chi connectivity index (χ2n) is 7.14. The number of hydrogen-bond donors (Lipinski definition) is 1. The van der Waals surface area contributed by atoms with Crippen molar-refractivity contribution in [1.29, 1.82) is 0 Å². The van der Waals surface area contributed by atoms with Crippen LogP contribution in [0.5, 0.6) is 5.75 Å². The number of aromatic nitrogens is 2. The largest absolute Gasteiger partial charge is 0.497 e. The Morgan fingerprint density at radius 1 is 1.28 bits per heavy atom. The monoisotopic (exact) mass is 346 g/mol. The van der Waals surface area contributed by atoms with Crippen LogP contribution >= 0.6 is 0 Å². The van der Waals surface area contributed by atoms with Gasteiger partial charge < -0.3 is 19.5 Å². The highest BCUT2D eigenvalue weighted by molar-refractivity contribution is 5.75. The van der Waals surface area contributed by atoms with Crippen molar-refractivity contribution < 1.29 is 14.1 Å². The number of nitrogens with one attached hydrogen (secondary N) is 1. The van der Waals surface area contributed by atoms with E-state index in [0.29, 0.717) is 11.7 Å². The van der Waals surface area contributed by atoms with E-state index >= 15 is 0 Å². The van der Waals surface area contributed by atoms with Crippen molar-refractivity contribution in [2.24, 2.45) is 0 Å². The quantitative estimate of drug-likeness (QED) is 0.897. The molecule has 1 N–H and O–H groups in total. The van der Waals surface area contributed by atoms with Crippen LogP contribution in [-0.2, 0) is 6.54 Å². The zero-order valence-corrected chi connectivity index (χ0v) is 15.7. The Morgan fingerprint density at radius 2 is 1.92 bits per heavy atom. The number of hydrogen-bond acceptors (Lipinski definition) is 5. The summed E-state index contributed by atoms with van der Waals surface area (Å²) in [6.45, 7) is 9.97. The van der Waals surface area contributed by atoms with Crippen molar-refractivity contribution in [1.82, 2.24) is 20.4 Å². The molecule has 0 radical (unpaired) electrons. The lowest BCUT2D eigenvalue weighted by Gasteiger charge is -2.30. The Labute approximate surface area is 148 Å². The summed E-state index contributed by atoms with van der Waals surface area (Å²) < 4.78 is 10.5. The Morgan fingerprint density at radius 3 is 2.44 bits per heavy atom. The van der Waals surface area contributed by atoms with Gasteiger partial charge in [-0.1, -0.05) is 5.16 Å². The fourth-order valence-corrected chi connectivity index (χ4v) is 2.20. The molecule has 25 heavy (non-hydrogen) atoms. The van der Waals surface area contributed by atoms with Gasteiger partial charge in [0, 0.05) is 17.1 Å². The van der Waals surface area contributed by atoms with E-state index in [1.54, 1.807) is 12.0 Å². The molecule has 1 heterocycles. The fourth-order valence-electron chi connectivity index (χ4n) is 2.20. The molecule has 0 atom stereocenters. The number of ether oxygens (including phenoxy) is 1. The standard InChI is InChI=1S/C18H26N4O3/c1-12(2)22(17(23)20-18(3,4)5)11-15-19-16(21-25-15)13-7-9-14(24-6)10-8-13/h7-10,12H,11H2,1-6H3,(H,20,23). The maximum atomic E-state index is 12.5. The molecular formula is C18H26N4O3. The molecule has 1 aromatic carbocycles. The minimum absolute atomic E-state index is 0.00122. The predicted octanol–water partition coefficient (Wildman–Crippen LogP) is 3.46. The highest BCUT2D eigenvalue weighted by atomic mass is 16.5. The first-order valence-electron chi connectivity index (χ1n) is 8.25. The van der Waals surface area contributed by atoms with E-state index in [4.69, 9.17) is 9.26 Å². The molecule has 7 nitrogen and oxygen atoms in total. The zero-order valence-electron chi connectivity index (χ0n) is 15.7. The minimum atomic E-state index is -0.312. The van der Waals surface area contributed by atoms with Crippen LogP contribution in [0.4, 0.5) is 4.79 Å². The summed E-state index contributed by atoms with van der Waals surface area (Å²) in [6, 6.07) is 7.23. The smallest absolute Gasteiger partial charge is 0.318 e. The summed E-state index contributed by atoms with van der Waals surface area (Å²) in [5.74, 6) is 1.64. The third kappa shape index (κ3) is 5.20. The van der Waals surface area contributed by atoms with Gasteiger partial charge >= 0.3 is 6.03 Å². The SMILES string of the molecule is COc1ccc(-c2noc(CN(C(=O)NC(C)(C)C)C(C)C)n2)cc1. The first-order valence-corrected chi connectivity index (χ1v) is 8.25. The molecule has 0 fully saturated rings.